The van der Waals surface area contributed by atoms with Gasteiger partial charge in [0.1, 0.15) is 6.61 Å². The summed E-state index contributed by atoms with van der Waals surface area (Å²) in [6.07, 6.45) is -4.41. The van der Waals surface area contributed by atoms with Crippen molar-refractivity contribution in [2.75, 3.05) is 12.3 Å². The molecular formula is C10H8F3NO. The number of nitrogen functional groups attached to an aromatic ring is 1. The van der Waals surface area contributed by atoms with E-state index in [2.05, 4.69) is 11.8 Å². The number of hydrogen-bond donors (Lipinski definition) is 2. The number of hydrogen-bond acceptors (Lipinski definition) is 2. The molecule has 5 heteroatoms. The van der Waals surface area contributed by atoms with E-state index < -0.39 is 11.7 Å². The summed E-state index contributed by atoms with van der Waals surface area (Å²) in [5, 5.41) is 8.41. The number of aliphatic hydroxyl groups excluding tert-OH is 1. The highest BCUT2D eigenvalue weighted by Crippen LogP contribution is 2.31. The molecule has 0 amide bonds. The Balaban J connectivity index is 3.09. The number of halogens is 3. The summed E-state index contributed by atoms with van der Waals surface area (Å²) >= 11 is 0. The smallest absolute Gasteiger partial charge is 0.398 e. The monoisotopic (exact) mass is 215 g/mol. The topological polar surface area (TPSA) is 46.2 Å². The average molecular weight is 215 g/mol. The van der Waals surface area contributed by atoms with Gasteiger partial charge in [-0.3, -0.25) is 0 Å². The molecule has 1 rings (SSSR count). The maximum Gasteiger partial charge on any atom is 0.416 e. The van der Waals surface area contributed by atoms with Crippen LogP contribution in [-0.4, -0.2) is 11.7 Å². The van der Waals surface area contributed by atoms with Crippen LogP contribution in [0.3, 0.4) is 0 Å². The van der Waals surface area contributed by atoms with Gasteiger partial charge in [0.15, 0.2) is 0 Å². The molecule has 0 fully saturated rings. The lowest BCUT2D eigenvalue weighted by Crippen LogP contribution is -2.06. The molecule has 0 aliphatic heterocycles. The summed E-state index contributed by atoms with van der Waals surface area (Å²) in [4.78, 5) is 0. The number of anilines is 1. The maximum absolute atomic E-state index is 12.2. The number of rotatable bonds is 0. The SMILES string of the molecule is Nc1cc(C(F)(F)F)ccc1C#CCO. The van der Waals surface area contributed by atoms with Gasteiger partial charge >= 0.3 is 6.18 Å². The Morgan fingerprint density at radius 2 is 2.00 bits per heavy atom. The van der Waals surface area contributed by atoms with Gasteiger partial charge in [0.2, 0.25) is 0 Å². The summed E-state index contributed by atoms with van der Waals surface area (Å²) in [5.41, 5.74) is 4.79. The van der Waals surface area contributed by atoms with Crippen molar-refractivity contribution < 1.29 is 18.3 Å². The van der Waals surface area contributed by atoms with Gasteiger partial charge in [-0.2, -0.15) is 13.2 Å². The Morgan fingerprint density at radius 3 is 2.47 bits per heavy atom. The second kappa shape index (κ2) is 4.24. The quantitative estimate of drug-likeness (QED) is 0.510. The van der Waals surface area contributed by atoms with E-state index in [-0.39, 0.29) is 17.9 Å². The summed E-state index contributed by atoms with van der Waals surface area (Å²) in [6, 6.07) is 2.90. The highest BCUT2D eigenvalue weighted by molar-refractivity contribution is 5.57. The minimum absolute atomic E-state index is 0.0502. The molecule has 80 valence electrons. The van der Waals surface area contributed by atoms with Crippen LogP contribution in [0.25, 0.3) is 0 Å². The second-order valence-electron chi connectivity index (χ2n) is 2.76. The van der Waals surface area contributed by atoms with Crippen LogP contribution in [0.1, 0.15) is 11.1 Å². The zero-order valence-electron chi connectivity index (χ0n) is 7.60. The molecular weight excluding hydrogens is 207 g/mol. The van der Waals surface area contributed by atoms with Gasteiger partial charge in [-0.05, 0) is 18.2 Å². The van der Waals surface area contributed by atoms with Crippen molar-refractivity contribution in [2.45, 2.75) is 6.18 Å². The molecule has 0 heterocycles. The summed E-state index contributed by atoms with van der Waals surface area (Å²) in [6.45, 7) is -0.361. The number of aliphatic hydroxyl groups is 1. The minimum atomic E-state index is -4.41. The number of alkyl halides is 3. The molecule has 0 aliphatic rings. The third kappa shape index (κ3) is 2.89. The molecule has 0 aliphatic carbocycles. The summed E-state index contributed by atoms with van der Waals surface area (Å²) in [7, 11) is 0. The third-order valence-corrected chi connectivity index (χ3v) is 1.68. The van der Waals surface area contributed by atoms with Crippen LogP contribution in [-0.2, 0) is 6.18 Å². The van der Waals surface area contributed by atoms with E-state index in [1.54, 1.807) is 0 Å². The van der Waals surface area contributed by atoms with Crippen LogP contribution in [0.15, 0.2) is 18.2 Å². The molecule has 0 atom stereocenters. The van der Waals surface area contributed by atoms with Crippen molar-refractivity contribution in [3.05, 3.63) is 29.3 Å². The van der Waals surface area contributed by atoms with Gasteiger partial charge in [0.05, 0.1) is 5.56 Å². The first-order valence-corrected chi connectivity index (χ1v) is 4.01. The van der Waals surface area contributed by atoms with E-state index in [0.29, 0.717) is 0 Å². The van der Waals surface area contributed by atoms with Crippen molar-refractivity contribution >= 4 is 5.69 Å². The molecule has 0 spiro atoms. The van der Waals surface area contributed by atoms with E-state index in [1.807, 2.05) is 0 Å². The zero-order chi connectivity index (χ0) is 11.5. The summed E-state index contributed by atoms with van der Waals surface area (Å²) < 4.78 is 36.7. The normalized spacial score (nSPS) is 10.7. The van der Waals surface area contributed by atoms with Gasteiger partial charge in [0.25, 0.3) is 0 Å². The Labute approximate surface area is 84.5 Å². The molecule has 0 aromatic heterocycles. The Hall–Kier alpha value is -1.67. The van der Waals surface area contributed by atoms with Crippen LogP contribution >= 0.6 is 0 Å². The number of nitrogens with two attached hydrogens (primary N) is 1. The van der Waals surface area contributed by atoms with Crippen molar-refractivity contribution in [1.82, 2.24) is 0 Å². The highest BCUT2D eigenvalue weighted by atomic mass is 19.4. The fourth-order valence-corrected chi connectivity index (χ4v) is 0.988. The lowest BCUT2D eigenvalue weighted by atomic mass is 10.1. The first kappa shape index (κ1) is 11.4. The van der Waals surface area contributed by atoms with E-state index in [4.69, 9.17) is 10.8 Å². The Morgan fingerprint density at radius 1 is 1.33 bits per heavy atom. The maximum atomic E-state index is 12.2. The van der Waals surface area contributed by atoms with E-state index in [0.717, 1.165) is 12.1 Å². The first-order valence-electron chi connectivity index (χ1n) is 4.01. The molecule has 1 aromatic rings. The van der Waals surface area contributed by atoms with Crippen LogP contribution in [0.2, 0.25) is 0 Å². The van der Waals surface area contributed by atoms with Crippen LogP contribution in [0, 0.1) is 11.8 Å². The van der Waals surface area contributed by atoms with Crippen molar-refractivity contribution in [2.24, 2.45) is 0 Å². The highest BCUT2D eigenvalue weighted by Gasteiger charge is 2.30. The van der Waals surface area contributed by atoms with Gasteiger partial charge in [-0.15, -0.1) is 0 Å². The fourth-order valence-electron chi connectivity index (χ4n) is 0.988. The average Bonchev–Trinajstić information content (AvgIpc) is 2.14. The van der Waals surface area contributed by atoms with Gasteiger partial charge in [-0.25, -0.2) is 0 Å². The molecule has 0 radical (unpaired) electrons. The van der Waals surface area contributed by atoms with Crippen LogP contribution in [0.4, 0.5) is 18.9 Å². The zero-order valence-corrected chi connectivity index (χ0v) is 7.60. The predicted molar refractivity (Wildman–Crippen MR) is 49.8 cm³/mol. The Kier molecular flexibility index (Phi) is 3.22. The van der Waals surface area contributed by atoms with Gasteiger partial charge in [-0.1, -0.05) is 11.8 Å². The Bertz CT molecular complexity index is 415. The van der Waals surface area contributed by atoms with Crippen LogP contribution in [0.5, 0.6) is 0 Å². The predicted octanol–water partition coefficient (Wildman–Crippen LogP) is 1.63. The fraction of sp³-hybridized carbons (Fsp3) is 0.200. The molecule has 2 nitrogen and oxygen atoms in total. The summed E-state index contributed by atoms with van der Waals surface area (Å²) in [5.74, 6) is 4.76. The van der Waals surface area contributed by atoms with Crippen molar-refractivity contribution in [3.63, 3.8) is 0 Å². The minimum Gasteiger partial charge on any atom is -0.398 e. The van der Waals surface area contributed by atoms with Gasteiger partial charge < -0.3 is 10.8 Å². The first-order chi connectivity index (χ1) is 6.95. The van der Waals surface area contributed by atoms with E-state index in [9.17, 15) is 13.2 Å². The lowest BCUT2D eigenvalue weighted by Gasteiger charge is -2.07. The standard InChI is InChI=1S/C10H8F3NO/c11-10(12,13)8-4-3-7(2-1-5-15)9(14)6-8/h3-4,6,15H,5,14H2. The molecule has 0 saturated heterocycles. The van der Waals surface area contributed by atoms with E-state index >= 15 is 0 Å². The van der Waals surface area contributed by atoms with E-state index in [1.165, 1.54) is 6.07 Å². The largest absolute Gasteiger partial charge is 0.416 e. The number of benzene rings is 1. The lowest BCUT2D eigenvalue weighted by molar-refractivity contribution is -0.137. The molecule has 0 bridgehead atoms. The molecule has 15 heavy (non-hydrogen) atoms. The van der Waals surface area contributed by atoms with Crippen LogP contribution < -0.4 is 5.73 Å². The molecule has 1 aromatic carbocycles. The van der Waals surface area contributed by atoms with Crippen molar-refractivity contribution in [3.8, 4) is 11.8 Å². The van der Waals surface area contributed by atoms with Gasteiger partial charge in [0, 0.05) is 11.3 Å². The molecule has 0 saturated carbocycles. The third-order valence-electron chi connectivity index (χ3n) is 1.68. The van der Waals surface area contributed by atoms with Crippen molar-refractivity contribution in [1.29, 1.82) is 0 Å². The molecule has 0 unspecified atom stereocenters. The second-order valence-corrected chi connectivity index (χ2v) is 2.76. The molecule has 3 N–H and O–H groups in total.